The molecule has 1 unspecified atom stereocenters. The lowest BCUT2D eigenvalue weighted by atomic mass is 10.1. The highest BCUT2D eigenvalue weighted by atomic mass is 79.9. The maximum atomic E-state index is 12.1. The third-order valence-electron chi connectivity index (χ3n) is 2.68. The van der Waals surface area contributed by atoms with Crippen LogP contribution in [0.25, 0.3) is 0 Å². The van der Waals surface area contributed by atoms with Gasteiger partial charge in [-0.05, 0) is 62.7 Å². The van der Waals surface area contributed by atoms with E-state index in [0.29, 0.717) is 0 Å². The van der Waals surface area contributed by atoms with Crippen LogP contribution >= 0.6 is 43.2 Å². The number of hydrogen-bond donors (Lipinski definition) is 1. The maximum Gasteiger partial charge on any atom is 0.573 e. The molecule has 0 saturated heterocycles. The van der Waals surface area contributed by atoms with Crippen LogP contribution in [0.4, 0.5) is 13.2 Å². The van der Waals surface area contributed by atoms with Gasteiger partial charge in [0.15, 0.2) is 0 Å². The van der Waals surface area contributed by atoms with Crippen molar-refractivity contribution in [1.29, 1.82) is 0 Å². The van der Waals surface area contributed by atoms with Crippen molar-refractivity contribution in [2.45, 2.75) is 12.4 Å². The number of ether oxygens (including phenoxy) is 1. The summed E-state index contributed by atoms with van der Waals surface area (Å²) in [5.41, 5.74) is 0.855. The molecular formula is C13H10Br2F3NOS. The Hall–Kier alpha value is -0.570. The molecule has 1 heterocycles. The SMILES string of the molecule is CNC(c1ccc(OC(F)(F)F)cc1)c1cc(Br)c(Br)s1. The Morgan fingerprint density at radius 3 is 2.24 bits per heavy atom. The number of halogens is 5. The van der Waals surface area contributed by atoms with Crippen LogP contribution in [0.2, 0.25) is 0 Å². The highest BCUT2D eigenvalue weighted by Gasteiger charge is 2.31. The lowest BCUT2D eigenvalue weighted by Crippen LogP contribution is -2.18. The molecule has 0 fully saturated rings. The minimum Gasteiger partial charge on any atom is -0.406 e. The van der Waals surface area contributed by atoms with Crippen LogP contribution in [0, 0.1) is 0 Å². The van der Waals surface area contributed by atoms with Crippen LogP contribution in [0.5, 0.6) is 5.75 Å². The fourth-order valence-electron chi connectivity index (χ4n) is 1.84. The maximum absolute atomic E-state index is 12.1. The summed E-state index contributed by atoms with van der Waals surface area (Å²) >= 11 is 8.40. The molecule has 0 saturated carbocycles. The molecule has 0 aliphatic rings. The van der Waals surface area contributed by atoms with Gasteiger partial charge < -0.3 is 10.1 Å². The average molecular weight is 445 g/mol. The minimum absolute atomic E-state index is 0.0995. The van der Waals surface area contributed by atoms with Crippen molar-refractivity contribution in [2.24, 2.45) is 0 Å². The average Bonchev–Trinajstić information content (AvgIpc) is 2.70. The topological polar surface area (TPSA) is 21.3 Å². The molecule has 2 nitrogen and oxygen atoms in total. The first-order valence-electron chi connectivity index (χ1n) is 5.78. The van der Waals surface area contributed by atoms with E-state index in [9.17, 15) is 13.2 Å². The highest BCUT2D eigenvalue weighted by molar-refractivity contribution is 9.13. The summed E-state index contributed by atoms with van der Waals surface area (Å²) in [6.07, 6.45) is -4.67. The fraction of sp³-hybridized carbons (Fsp3) is 0.231. The Bertz CT molecular complexity index is 593. The highest BCUT2D eigenvalue weighted by Crippen LogP contribution is 2.37. The molecule has 0 spiro atoms. The summed E-state index contributed by atoms with van der Waals surface area (Å²) in [4.78, 5) is 1.04. The molecule has 2 aromatic rings. The lowest BCUT2D eigenvalue weighted by Gasteiger charge is -2.16. The predicted molar refractivity (Wildman–Crippen MR) is 83.7 cm³/mol. The summed E-state index contributed by atoms with van der Waals surface area (Å²) in [7, 11) is 1.80. The van der Waals surface area contributed by atoms with E-state index in [4.69, 9.17) is 0 Å². The van der Waals surface area contributed by atoms with E-state index < -0.39 is 6.36 Å². The number of thiophene rings is 1. The zero-order chi connectivity index (χ0) is 15.6. The van der Waals surface area contributed by atoms with Gasteiger partial charge in [-0.2, -0.15) is 0 Å². The standard InChI is InChI=1S/C13H10Br2F3NOS/c1-19-11(10-6-9(14)12(15)21-10)7-2-4-8(5-3-7)20-13(16,17)18/h2-6,11,19H,1H3. The Morgan fingerprint density at radius 2 is 1.81 bits per heavy atom. The van der Waals surface area contributed by atoms with Crippen LogP contribution in [0.15, 0.2) is 38.6 Å². The Balaban J connectivity index is 2.23. The van der Waals surface area contributed by atoms with Gasteiger partial charge in [0.2, 0.25) is 0 Å². The second kappa shape index (κ2) is 6.68. The number of benzene rings is 1. The van der Waals surface area contributed by atoms with E-state index in [1.165, 1.54) is 12.1 Å². The Morgan fingerprint density at radius 1 is 1.19 bits per heavy atom. The van der Waals surface area contributed by atoms with E-state index in [2.05, 4.69) is 41.9 Å². The first kappa shape index (κ1) is 16.8. The molecule has 8 heteroatoms. The number of alkyl halides is 3. The molecule has 0 aliphatic heterocycles. The molecule has 1 aromatic heterocycles. The van der Waals surface area contributed by atoms with Crippen LogP contribution in [-0.2, 0) is 0 Å². The second-order valence-corrected chi connectivity index (χ2v) is 7.36. The third-order valence-corrected chi connectivity index (χ3v) is 6.01. The van der Waals surface area contributed by atoms with Gasteiger partial charge in [0, 0.05) is 9.35 Å². The Kier molecular flexibility index (Phi) is 5.34. The predicted octanol–water partition coefficient (Wildman–Crippen LogP) is 5.48. The van der Waals surface area contributed by atoms with Crippen molar-refractivity contribution in [3.8, 4) is 5.75 Å². The lowest BCUT2D eigenvalue weighted by molar-refractivity contribution is -0.274. The third kappa shape index (κ3) is 4.45. The van der Waals surface area contributed by atoms with Crippen molar-refractivity contribution in [1.82, 2.24) is 5.32 Å². The second-order valence-electron chi connectivity index (χ2n) is 4.11. The summed E-state index contributed by atoms with van der Waals surface area (Å²) in [5, 5.41) is 3.15. The number of nitrogens with one attached hydrogen (secondary N) is 1. The van der Waals surface area contributed by atoms with Gasteiger partial charge in [-0.1, -0.05) is 12.1 Å². The molecule has 1 atom stereocenters. The van der Waals surface area contributed by atoms with E-state index in [1.807, 2.05) is 6.07 Å². The van der Waals surface area contributed by atoms with E-state index in [1.54, 1.807) is 30.5 Å². The van der Waals surface area contributed by atoms with Crippen molar-refractivity contribution in [3.63, 3.8) is 0 Å². The molecule has 1 N–H and O–H groups in total. The molecule has 0 radical (unpaired) electrons. The van der Waals surface area contributed by atoms with Gasteiger partial charge in [0.25, 0.3) is 0 Å². The molecular weight excluding hydrogens is 435 g/mol. The van der Waals surface area contributed by atoms with Gasteiger partial charge in [0.1, 0.15) is 5.75 Å². The normalized spacial score (nSPS) is 13.2. The summed E-state index contributed by atoms with van der Waals surface area (Å²) in [5.74, 6) is -0.227. The zero-order valence-corrected chi connectivity index (χ0v) is 14.7. The van der Waals surface area contributed by atoms with Crippen LogP contribution in [0.1, 0.15) is 16.5 Å². The van der Waals surface area contributed by atoms with Crippen LogP contribution in [0.3, 0.4) is 0 Å². The van der Waals surface area contributed by atoms with E-state index >= 15 is 0 Å². The van der Waals surface area contributed by atoms with Crippen molar-refractivity contribution >= 4 is 43.2 Å². The van der Waals surface area contributed by atoms with Crippen molar-refractivity contribution in [3.05, 3.63) is 49.0 Å². The van der Waals surface area contributed by atoms with Crippen molar-refractivity contribution in [2.75, 3.05) is 7.05 Å². The molecule has 0 amide bonds. The fourth-order valence-corrected chi connectivity index (χ4v) is 4.07. The Labute approximate surface area is 140 Å². The van der Waals surface area contributed by atoms with E-state index in [0.717, 1.165) is 18.7 Å². The minimum atomic E-state index is -4.67. The summed E-state index contributed by atoms with van der Waals surface area (Å²) < 4.78 is 42.2. The van der Waals surface area contributed by atoms with Crippen LogP contribution < -0.4 is 10.1 Å². The largest absolute Gasteiger partial charge is 0.573 e. The smallest absolute Gasteiger partial charge is 0.406 e. The van der Waals surface area contributed by atoms with Gasteiger partial charge in [-0.25, -0.2) is 0 Å². The molecule has 0 bridgehead atoms. The first-order chi connectivity index (χ1) is 9.80. The van der Waals surface area contributed by atoms with Crippen LogP contribution in [-0.4, -0.2) is 13.4 Å². The quantitative estimate of drug-likeness (QED) is 0.674. The number of rotatable bonds is 4. The van der Waals surface area contributed by atoms with Gasteiger partial charge in [0.05, 0.1) is 9.83 Å². The monoisotopic (exact) mass is 443 g/mol. The molecule has 1 aromatic carbocycles. The summed E-state index contributed by atoms with van der Waals surface area (Å²) in [6.45, 7) is 0. The van der Waals surface area contributed by atoms with Gasteiger partial charge >= 0.3 is 6.36 Å². The van der Waals surface area contributed by atoms with Gasteiger partial charge in [-0.15, -0.1) is 24.5 Å². The van der Waals surface area contributed by atoms with Crippen molar-refractivity contribution < 1.29 is 17.9 Å². The molecule has 114 valence electrons. The summed E-state index contributed by atoms with van der Waals surface area (Å²) in [6, 6.07) is 7.72. The van der Waals surface area contributed by atoms with Gasteiger partial charge in [-0.3, -0.25) is 0 Å². The molecule has 21 heavy (non-hydrogen) atoms. The first-order valence-corrected chi connectivity index (χ1v) is 8.18. The van der Waals surface area contributed by atoms with E-state index in [-0.39, 0.29) is 11.8 Å². The number of hydrogen-bond acceptors (Lipinski definition) is 3. The zero-order valence-electron chi connectivity index (χ0n) is 10.7. The molecule has 2 rings (SSSR count). The molecule has 0 aliphatic carbocycles.